The predicted molar refractivity (Wildman–Crippen MR) is 99.6 cm³/mol. The quantitative estimate of drug-likeness (QED) is 0.899. The van der Waals surface area contributed by atoms with Crippen LogP contribution in [0.25, 0.3) is 0 Å². The molecule has 0 unspecified atom stereocenters. The van der Waals surface area contributed by atoms with Crippen LogP contribution in [-0.4, -0.2) is 28.1 Å². The van der Waals surface area contributed by atoms with Crippen molar-refractivity contribution in [2.75, 3.05) is 13.1 Å². The second-order valence-electron chi connectivity index (χ2n) is 7.36. The topological polar surface area (TPSA) is 68.2 Å². The van der Waals surface area contributed by atoms with Gasteiger partial charge in [-0.2, -0.15) is 4.98 Å². The minimum atomic E-state index is -0.351. The fourth-order valence-corrected chi connectivity index (χ4v) is 4.01. The van der Waals surface area contributed by atoms with Crippen LogP contribution in [0.15, 0.2) is 34.9 Å². The molecule has 4 rings (SSSR count). The summed E-state index contributed by atoms with van der Waals surface area (Å²) in [5, 5.41) is 4.21. The van der Waals surface area contributed by atoms with Crippen LogP contribution < -0.4 is 5.73 Å². The first-order chi connectivity index (χ1) is 11.7. The summed E-state index contributed by atoms with van der Waals surface area (Å²) in [5.74, 6) is 1.89. The van der Waals surface area contributed by atoms with Crippen LogP contribution in [-0.2, 0) is 12.1 Å². The van der Waals surface area contributed by atoms with E-state index < -0.39 is 0 Å². The summed E-state index contributed by atoms with van der Waals surface area (Å²) in [5.41, 5.74) is 7.46. The number of nitrogens with zero attached hydrogens (tertiary/aromatic N) is 3. The van der Waals surface area contributed by atoms with Crippen LogP contribution in [0.2, 0.25) is 0 Å². The molecule has 1 aromatic carbocycles. The lowest BCUT2D eigenvalue weighted by atomic mass is 9.95. The van der Waals surface area contributed by atoms with Gasteiger partial charge in [-0.1, -0.05) is 48.3 Å². The van der Waals surface area contributed by atoms with E-state index in [0.29, 0.717) is 5.92 Å². The highest BCUT2D eigenvalue weighted by Gasteiger charge is 2.37. The van der Waals surface area contributed by atoms with Gasteiger partial charge in [0.2, 0.25) is 5.89 Å². The predicted octanol–water partition coefficient (Wildman–Crippen LogP) is 3.60. The van der Waals surface area contributed by atoms with Crippen molar-refractivity contribution in [1.82, 2.24) is 15.0 Å². The van der Waals surface area contributed by atoms with Crippen molar-refractivity contribution in [2.24, 2.45) is 5.73 Å². The van der Waals surface area contributed by atoms with Gasteiger partial charge in [0.1, 0.15) is 0 Å². The average Bonchev–Trinajstić information content (AvgIpc) is 3.27. The third kappa shape index (κ3) is 4.05. The number of hydrogen-bond donors (Lipinski definition) is 1. The zero-order valence-electron chi connectivity index (χ0n) is 14.6. The molecular weight excluding hydrogens is 336 g/mol. The molecule has 2 fully saturated rings. The zero-order valence-corrected chi connectivity index (χ0v) is 15.4. The molecule has 1 saturated heterocycles. The lowest BCUT2D eigenvalue weighted by Crippen LogP contribution is -2.34. The first-order valence-electron chi connectivity index (χ1n) is 9.12. The molecule has 6 heteroatoms. The zero-order chi connectivity index (χ0) is 16.4. The largest absolute Gasteiger partial charge is 0.339 e. The van der Waals surface area contributed by atoms with E-state index in [1.165, 1.54) is 5.56 Å². The molecule has 2 heterocycles. The summed E-state index contributed by atoms with van der Waals surface area (Å²) < 4.78 is 5.58. The first-order valence-corrected chi connectivity index (χ1v) is 9.12. The minimum absolute atomic E-state index is 0. The van der Waals surface area contributed by atoms with Gasteiger partial charge in [0, 0.05) is 12.5 Å². The molecule has 25 heavy (non-hydrogen) atoms. The highest BCUT2D eigenvalue weighted by atomic mass is 35.5. The van der Waals surface area contributed by atoms with E-state index in [4.69, 9.17) is 10.3 Å². The molecule has 1 saturated carbocycles. The Morgan fingerprint density at radius 3 is 2.48 bits per heavy atom. The lowest BCUT2D eigenvalue weighted by Gasteiger charge is -2.30. The van der Waals surface area contributed by atoms with Gasteiger partial charge in [-0.3, -0.25) is 4.90 Å². The molecule has 0 amide bonds. The van der Waals surface area contributed by atoms with Gasteiger partial charge in [0.25, 0.3) is 0 Å². The number of benzene rings is 1. The Kier molecular flexibility index (Phi) is 5.77. The first kappa shape index (κ1) is 18.4. The molecular formula is C19H27ClN4O. The minimum Gasteiger partial charge on any atom is -0.339 e. The maximum absolute atomic E-state index is 6.44. The Morgan fingerprint density at radius 2 is 1.80 bits per heavy atom. The highest BCUT2D eigenvalue weighted by Crippen LogP contribution is 2.36. The Morgan fingerprint density at radius 1 is 1.12 bits per heavy atom. The van der Waals surface area contributed by atoms with E-state index in [2.05, 4.69) is 45.4 Å². The van der Waals surface area contributed by atoms with Crippen LogP contribution in [0.3, 0.4) is 0 Å². The molecule has 136 valence electrons. The summed E-state index contributed by atoms with van der Waals surface area (Å²) in [6, 6.07) is 10.7. The van der Waals surface area contributed by atoms with Gasteiger partial charge in [-0.05, 0) is 44.3 Å². The Balaban J connectivity index is 0.00000182. The fraction of sp³-hybridized carbons (Fsp3) is 0.579. The molecule has 0 bridgehead atoms. The van der Waals surface area contributed by atoms with Crippen molar-refractivity contribution in [3.63, 3.8) is 0 Å². The second kappa shape index (κ2) is 7.85. The molecule has 0 radical (unpaired) electrons. The molecule has 5 nitrogen and oxygen atoms in total. The average molecular weight is 363 g/mol. The Bertz CT molecular complexity index is 661. The van der Waals surface area contributed by atoms with Crippen molar-refractivity contribution in [3.05, 3.63) is 47.6 Å². The number of likely N-dealkylation sites (tertiary alicyclic amines) is 1. The number of piperidine rings is 1. The van der Waals surface area contributed by atoms with Crippen LogP contribution in [0.4, 0.5) is 0 Å². The Labute approximate surface area is 155 Å². The normalized spacial score (nSPS) is 21.2. The molecule has 1 aliphatic heterocycles. The van der Waals surface area contributed by atoms with Crippen LogP contribution in [0.1, 0.15) is 61.7 Å². The molecule has 0 spiro atoms. The van der Waals surface area contributed by atoms with Gasteiger partial charge in [0.15, 0.2) is 5.82 Å². The van der Waals surface area contributed by atoms with Gasteiger partial charge in [-0.25, -0.2) is 0 Å². The monoisotopic (exact) mass is 362 g/mol. The molecule has 2 aromatic rings. The van der Waals surface area contributed by atoms with Gasteiger partial charge < -0.3 is 10.3 Å². The maximum Gasteiger partial charge on any atom is 0.229 e. The van der Waals surface area contributed by atoms with Crippen molar-refractivity contribution in [3.8, 4) is 0 Å². The number of hydrogen-bond acceptors (Lipinski definition) is 5. The van der Waals surface area contributed by atoms with E-state index in [0.717, 1.165) is 69.9 Å². The standard InChI is InChI=1S/C19H26N4O.ClH/c20-19(10-4-5-11-19)18-21-17(24-22-18)16-8-12-23(13-9-16)14-15-6-2-1-3-7-15;/h1-3,6-7,16H,4-5,8-14,20H2;1H. The summed E-state index contributed by atoms with van der Waals surface area (Å²) in [6.07, 6.45) is 6.43. The van der Waals surface area contributed by atoms with Crippen molar-refractivity contribution >= 4 is 12.4 Å². The third-order valence-electron chi connectivity index (χ3n) is 5.57. The number of rotatable bonds is 4. The number of nitrogens with two attached hydrogens (primary N) is 1. The second-order valence-corrected chi connectivity index (χ2v) is 7.36. The lowest BCUT2D eigenvalue weighted by molar-refractivity contribution is 0.187. The molecule has 2 aliphatic rings. The van der Waals surface area contributed by atoms with Crippen LogP contribution in [0, 0.1) is 0 Å². The van der Waals surface area contributed by atoms with Crippen molar-refractivity contribution in [2.45, 2.75) is 56.5 Å². The van der Waals surface area contributed by atoms with Crippen LogP contribution in [0.5, 0.6) is 0 Å². The van der Waals surface area contributed by atoms with Crippen LogP contribution >= 0.6 is 12.4 Å². The van der Waals surface area contributed by atoms with E-state index in [1.807, 2.05) is 0 Å². The summed E-state index contributed by atoms with van der Waals surface area (Å²) in [4.78, 5) is 7.18. The van der Waals surface area contributed by atoms with Gasteiger partial charge in [-0.15, -0.1) is 12.4 Å². The van der Waals surface area contributed by atoms with Crippen molar-refractivity contribution in [1.29, 1.82) is 0 Å². The van der Waals surface area contributed by atoms with E-state index >= 15 is 0 Å². The number of aromatic nitrogens is 2. The number of halogens is 1. The Hall–Kier alpha value is -1.43. The summed E-state index contributed by atoms with van der Waals surface area (Å²) in [7, 11) is 0. The smallest absolute Gasteiger partial charge is 0.229 e. The molecule has 2 N–H and O–H groups in total. The molecule has 0 atom stereocenters. The van der Waals surface area contributed by atoms with Gasteiger partial charge in [0.05, 0.1) is 5.54 Å². The third-order valence-corrected chi connectivity index (χ3v) is 5.57. The maximum atomic E-state index is 6.44. The van der Waals surface area contributed by atoms with Gasteiger partial charge >= 0.3 is 0 Å². The van der Waals surface area contributed by atoms with E-state index in [9.17, 15) is 0 Å². The van der Waals surface area contributed by atoms with Crippen molar-refractivity contribution < 1.29 is 4.52 Å². The van der Waals surface area contributed by atoms with E-state index in [-0.39, 0.29) is 17.9 Å². The molecule has 1 aromatic heterocycles. The summed E-state index contributed by atoms with van der Waals surface area (Å²) >= 11 is 0. The molecule has 1 aliphatic carbocycles. The SMILES string of the molecule is Cl.NC1(c2noc(C3CCN(Cc4ccccc4)CC3)n2)CCCC1. The fourth-order valence-electron chi connectivity index (χ4n) is 4.01. The highest BCUT2D eigenvalue weighted by molar-refractivity contribution is 5.85. The summed E-state index contributed by atoms with van der Waals surface area (Å²) in [6.45, 7) is 3.17. The van der Waals surface area contributed by atoms with E-state index in [1.54, 1.807) is 0 Å².